The fourth-order valence-electron chi connectivity index (χ4n) is 1.55. The molecule has 78 valence electrons. The zero-order chi connectivity index (χ0) is 10.4. The molecule has 1 aliphatic rings. The number of hydrogen-bond acceptors (Lipinski definition) is 5. The standard InChI is InChI=1S/C10H11N3OS/c1-5-8(7-4-15-10(11)13-7)14-9(12-5)6-2-3-6/h4,6H,2-3H2,1H3,(H2,11,13). The lowest BCUT2D eigenvalue weighted by atomic mass is 10.3. The smallest absolute Gasteiger partial charge is 0.198 e. The first-order valence-corrected chi connectivity index (χ1v) is 5.80. The molecule has 0 spiro atoms. The van der Waals surface area contributed by atoms with Gasteiger partial charge in [-0.3, -0.25) is 0 Å². The van der Waals surface area contributed by atoms with Crippen LogP contribution in [-0.2, 0) is 0 Å². The second-order valence-corrected chi connectivity index (χ2v) is 4.70. The van der Waals surface area contributed by atoms with Crippen LogP contribution >= 0.6 is 11.3 Å². The lowest BCUT2D eigenvalue weighted by Crippen LogP contribution is -1.83. The number of nitrogens with two attached hydrogens (primary N) is 1. The van der Waals surface area contributed by atoms with Crippen molar-refractivity contribution in [3.8, 4) is 11.5 Å². The molecule has 15 heavy (non-hydrogen) atoms. The van der Waals surface area contributed by atoms with Crippen LogP contribution < -0.4 is 5.73 Å². The third kappa shape index (κ3) is 1.52. The van der Waals surface area contributed by atoms with Crippen LogP contribution in [0, 0.1) is 6.92 Å². The average molecular weight is 221 g/mol. The van der Waals surface area contributed by atoms with E-state index >= 15 is 0 Å². The zero-order valence-corrected chi connectivity index (χ0v) is 9.17. The Morgan fingerprint density at radius 2 is 2.27 bits per heavy atom. The van der Waals surface area contributed by atoms with Crippen LogP contribution in [0.15, 0.2) is 9.80 Å². The van der Waals surface area contributed by atoms with Crippen molar-refractivity contribution in [3.05, 3.63) is 17.0 Å². The summed E-state index contributed by atoms with van der Waals surface area (Å²) in [6.45, 7) is 1.94. The molecule has 3 rings (SSSR count). The fourth-order valence-corrected chi connectivity index (χ4v) is 2.09. The first-order valence-electron chi connectivity index (χ1n) is 4.93. The average Bonchev–Trinajstić information content (AvgIpc) is 2.86. The molecule has 2 heterocycles. The number of oxazole rings is 1. The summed E-state index contributed by atoms with van der Waals surface area (Å²) < 4.78 is 5.72. The maximum Gasteiger partial charge on any atom is 0.198 e. The Morgan fingerprint density at radius 1 is 1.47 bits per heavy atom. The summed E-state index contributed by atoms with van der Waals surface area (Å²) in [5.41, 5.74) is 7.30. The summed E-state index contributed by atoms with van der Waals surface area (Å²) in [5, 5.41) is 2.47. The first kappa shape index (κ1) is 8.91. The Bertz CT molecular complexity index is 498. The van der Waals surface area contributed by atoms with Crippen LogP contribution in [0.4, 0.5) is 5.13 Å². The molecule has 0 amide bonds. The zero-order valence-electron chi connectivity index (χ0n) is 8.36. The number of rotatable bonds is 2. The molecule has 0 radical (unpaired) electrons. The highest BCUT2D eigenvalue weighted by atomic mass is 32.1. The van der Waals surface area contributed by atoms with E-state index in [4.69, 9.17) is 10.2 Å². The minimum absolute atomic E-state index is 0.536. The van der Waals surface area contributed by atoms with Crippen molar-refractivity contribution in [1.29, 1.82) is 0 Å². The van der Waals surface area contributed by atoms with Crippen LogP contribution in [0.25, 0.3) is 11.5 Å². The van der Waals surface area contributed by atoms with Gasteiger partial charge in [-0.05, 0) is 19.8 Å². The van der Waals surface area contributed by atoms with E-state index < -0.39 is 0 Å². The largest absolute Gasteiger partial charge is 0.438 e. The van der Waals surface area contributed by atoms with Crippen LogP contribution in [-0.4, -0.2) is 9.97 Å². The van der Waals surface area contributed by atoms with Gasteiger partial charge in [-0.2, -0.15) is 0 Å². The normalized spacial score (nSPS) is 15.8. The molecule has 0 bridgehead atoms. The molecule has 1 fully saturated rings. The molecule has 0 aliphatic heterocycles. The van der Waals surface area contributed by atoms with E-state index in [0.717, 1.165) is 23.0 Å². The highest BCUT2D eigenvalue weighted by Gasteiger charge is 2.30. The summed E-state index contributed by atoms with van der Waals surface area (Å²) in [7, 11) is 0. The number of aromatic nitrogens is 2. The van der Waals surface area contributed by atoms with E-state index in [-0.39, 0.29) is 0 Å². The summed E-state index contributed by atoms with van der Waals surface area (Å²) >= 11 is 1.42. The highest BCUT2D eigenvalue weighted by molar-refractivity contribution is 7.13. The van der Waals surface area contributed by atoms with Crippen molar-refractivity contribution in [2.45, 2.75) is 25.7 Å². The second kappa shape index (κ2) is 3.06. The Kier molecular flexibility index (Phi) is 1.82. The minimum Gasteiger partial charge on any atom is -0.438 e. The maximum atomic E-state index is 5.72. The molecular formula is C10H11N3OS. The highest BCUT2D eigenvalue weighted by Crippen LogP contribution is 2.41. The molecular weight excluding hydrogens is 210 g/mol. The van der Waals surface area contributed by atoms with E-state index in [1.165, 1.54) is 24.2 Å². The Hall–Kier alpha value is -1.36. The summed E-state index contributed by atoms with van der Waals surface area (Å²) in [4.78, 5) is 8.61. The van der Waals surface area contributed by atoms with Gasteiger partial charge >= 0.3 is 0 Å². The van der Waals surface area contributed by atoms with E-state index in [9.17, 15) is 0 Å². The molecule has 1 saturated carbocycles. The first-order chi connectivity index (χ1) is 7.24. The number of anilines is 1. The van der Waals surface area contributed by atoms with E-state index in [2.05, 4.69) is 9.97 Å². The van der Waals surface area contributed by atoms with Gasteiger partial charge in [-0.1, -0.05) is 0 Å². The van der Waals surface area contributed by atoms with Crippen LogP contribution in [0.3, 0.4) is 0 Å². The van der Waals surface area contributed by atoms with Gasteiger partial charge in [-0.15, -0.1) is 11.3 Å². The molecule has 0 saturated heterocycles. The quantitative estimate of drug-likeness (QED) is 0.846. The molecule has 2 aromatic rings. The Labute approximate surface area is 91.2 Å². The second-order valence-electron chi connectivity index (χ2n) is 3.81. The number of aryl methyl sites for hydroxylation is 1. The monoisotopic (exact) mass is 221 g/mol. The summed E-state index contributed by atoms with van der Waals surface area (Å²) in [6, 6.07) is 0. The van der Waals surface area contributed by atoms with Gasteiger partial charge in [-0.25, -0.2) is 9.97 Å². The van der Waals surface area contributed by atoms with Gasteiger partial charge in [0.05, 0.1) is 5.69 Å². The van der Waals surface area contributed by atoms with Crippen LogP contribution in [0.2, 0.25) is 0 Å². The number of hydrogen-bond donors (Lipinski definition) is 1. The predicted molar refractivity (Wildman–Crippen MR) is 58.7 cm³/mol. The topological polar surface area (TPSA) is 64.9 Å². The summed E-state index contributed by atoms with van der Waals surface area (Å²) in [6.07, 6.45) is 2.39. The summed E-state index contributed by atoms with van der Waals surface area (Å²) in [5.74, 6) is 2.16. The third-order valence-corrected chi connectivity index (χ3v) is 3.17. The van der Waals surface area contributed by atoms with Gasteiger partial charge in [0, 0.05) is 11.3 Å². The maximum absolute atomic E-state index is 5.72. The molecule has 0 atom stereocenters. The minimum atomic E-state index is 0.536. The van der Waals surface area contributed by atoms with E-state index in [0.29, 0.717) is 11.0 Å². The molecule has 0 unspecified atom stereocenters. The van der Waals surface area contributed by atoms with Crippen molar-refractivity contribution in [2.75, 3.05) is 5.73 Å². The van der Waals surface area contributed by atoms with Gasteiger partial charge in [0.2, 0.25) is 0 Å². The van der Waals surface area contributed by atoms with Crippen LogP contribution in [0.5, 0.6) is 0 Å². The van der Waals surface area contributed by atoms with Crippen molar-refractivity contribution in [1.82, 2.24) is 9.97 Å². The molecule has 4 nitrogen and oxygen atoms in total. The lowest BCUT2D eigenvalue weighted by Gasteiger charge is -1.89. The molecule has 5 heteroatoms. The molecule has 2 aromatic heterocycles. The molecule has 2 N–H and O–H groups in total. The van der Waals surface area contributed by atoms with Crippen molar-refractivity contribution in [2.24, 2.45) is 0 Å². The van der Waals surface area contributed by atoms with E-state index in [1.807, 2.05) is 12.3 Å². The van der Waals surface area contributed by atoms with E-state index in [1.54, 1.807) is 0 Å². The Morgan fingerprint density at radius 3 is 2.87 bits per heavy atom. The van der Waals surface area contributed by atoms with Crippen molar-refractivity contribution < 1.29 is 4.42 Å². The van der Waals surface area contributed by atoms with Crippen molar-refractivity contribution in [3.63, 3.8) is 0 Å². The van der Waals surface area contributed by atoms with Gasteiger partial charge in [0.1, 0.15) is 5.69 Å². The molecule has 0 aromatic carbocycles. The molecule has 1 aliphatic carbocycles. The number of nitrogens with zero attached hydrogens (tertiary/aromatic N) is 2. The third-order valence-electron chi connectivity index (χ3n) is 2.49. The fraction of sp³-hybridized carbons (Fsp3) is 0.400. The van der Waals surface area contributed by atoms with Gasteiger partial charge in [0.15, 0.2) is 16.8 Å². The van der Waals surface area contributed by atoms with Gasteiger partial charge < -0.3 is 10.2 Å². The lowest BCUT2D eigenvalue weighted by molar-refractivity contribution is 0.508. The SMILES string of the molecule is Cc1nc(C2CC2)oc1-c1csc(N)n1. The number of nitrogen functional groups attached to an aromatic ring is 1. The number of thiazole rings is 1. The predicted octanol–water partition coefficient (Wildman–Crippen LogP) is 2.57. The van der Waals surface area contributed by atoms with Gasteiger partial charge in [0.25, 0.3) is 0 Å². The van der Waals surface area contributed by atoms with Crippen molar-refractivity contribution >= 4 is 16.5 Å². The Balaban J connectivity index is 2.03. The van der Waals surface area contributed by atoms with Crippen LogP contribution in [0.1, 0.15) is 30.3 Å².